The van der Waals surface area contributed by atoms with Gasteiger partial charge in [0.2, 0.25) is 0 Å². The first-order valence-electron chi connectivity index (χ1n) is 7.07. The molecule has 0 heterocycles. The third-order valence-corrected chi connectivity index (χ3v) is 3.46. The van der Waals surface area contributed by atoms with Crippen LogP contribution in [0.1, 0.15) is 41.4 Å². The molecule has 0 aliphatic rings. The summed E-state index contributed by atoms with van der Waals surface area (Å²) in [4.78, 5) is 12.3. The van der Waals surface area contributed by atoms with Crippen molar-refractivity contribution in [3.8, 4) is 6.07 Å². The van der Waals surface area contributed by atoms with Crippen molar-refractivity contribution in [2.45, 2.75) is 19.9 Å². The molecule has 0 aromatic heterocycles. The second-order valence-electron chi connectivity index (χ2n) is 5.44. The molecule has 0 bridgehead atoms. The largest absolute Gasteiger partial charge is 0.345 e. The van der Waals surface area contributed by atoms with Crippen LogP contribution in [0, 0.1) is 23.1 Å². The quantitative estimate of drug-likeness (QED) is 0.932. The highest BCUT2D eigenvalue weighted by atomic mass is 19.1. The summed E-state index contributed by atoms with van der Waals surface area (Å²) in [6, 6.07) is 14.4. The number of nitrogens with zero attached hydrogens (tertiary/aromatic N) is 1. The van der Waals surface area contributed by atoms with E-state index in [1.54, 1.807) is 36.4 Å². The Bertz CT molecular complexity index is 685. The van der Waals surface area contributed by atoms with Crippen molar-refractivity contribution in [3.63, 3.8) is 0 Å². The van der Waals surface area contributed by atoms with Crippen molar-refractivity contribution < 1.29 is 9.18 Å². The van der Waals surface area contributed by atoms with Crippen LogP contribution < -0.4 is 5.32 Å². The summed E-state index contributed by atoms with van der Waals surface area (Å²) in [7, 11) is 0. The Balaban J connectivity index is 2.18. The molecular weight excluding hydrogens is 279 g/mol. The molecule has 0 unspecified atom stereocenters. The van der Waals surface area contributed by atoms with Gasteiger partial charge in [-0.25, -0.2) is 4.39 Å². The topological polar surface area (TPSA) is 52.9 Å². The van der Waals surface area contributed by atoms with E-state index in [1.807, 2.05) is 19.9 Å². The Kier molecular flexibility index (Phi) is 4.90. The maximum absolute atomic E-state index is 13.0. The van der Waals surface area contributed by atoms with Gasteiger partial charge in [0.15, 0.2) is 0 Å². The molecule has 3 nitrogen and oxygen atoms in total. The summed E-state index contributed by atoms with van der Waals surface area (Å²) >= 11 is 0. The van der Waals surface area contributed by atoms with Crippen LogP contribution in [-0.4, -0.2) is 5.91 Å². The molecule has 0 saturated carbocycles. The summed E-state index contributed by atoms with van der Waals surface area (Å²) in [5.41, 5.74) is 1.86. The molecule has 1 atom stereocenters. The van der Waals surface area contributed by atoms with Gasteiger partial charge in [-0.3, -0.25) is 4.79 Å². The van der Waals surface area contributed by atoms with Gasteiger partial charge in [-0.05, 0) is 47.9 Å². The zero-order valence-electron chi connectivity index (χ0n) is 12.5. The SMILES string of the molecule is CC(C)[C@H](NC(=O)c1ccc(C#N)cc1)c1ccc(F)cc1. The van der Waals surface area contributed by atoms with Gasteiger partial charge in [-0.1, -0.05) is 26.0 Å². The van der Waals surface area contributed by atoms with E-state index in [9.17, 15) is 9.18 Å². The highest BCUT2D eigenvalue weighted by molar-refractivity contribution is 5.94. The number of amides is 1. The molecule has 0 aliphatic carbocycles. The monoisotopic (exact) mass is 296 g/mol. The lowest BCUT2D eigenvalue weighted by Crippen LogP contribution is -2.31. The van der Waals surface area contributed by atoms with Gasteiger partial charge in [-0.2, -0.15) is 5.26 Å². The number of nitriles is 1. The number of nitrogens with one attached hydrogen (secondary N) is 1. The van der Waals surface area contributed by atoms with Crippen LogP contribution in [0.4, 0.5) is 4.39 Å². The zero-order chi connectivity index (χ0) is 16.1. The van der Waals surface area contributed by atoms with Crippen molar-refractivity contribution in [1.82, 2.24) is 5.32 Å². The van der Waals surface area contributed by atoms with Gasteiger partial charge in [0.1, 0.15) is 5.82 Å². The Morgan fingerprint density at radius 3 is 2.18 bits per heavy atom. The first-order valence-corrected chi connectivity index (χ1v) is 7.07. The minimum Gasteiger partial charge on any atom is -0.345 e. The maximum atomic E-state index is 13.0. The summed E-state index contributed by atoms with van der Waals surface area (Å²) in [6.45, 7) is 3.99. The third kappa shape index (κ3) is 3.70. The fraction of sp³-hybridized carbons (Fsp3) is 0.222. The summed E-state index contributed by atoms with van der Waals surface area (Å²) < 4.78 is 13.0. The lowest BCUT2D eigenvalue weighted by Gasteiger charge is -2.23. The average molecular weight is 296 g/mol. The van der Waals surface area contributed by atoms with Crippen LogP contribution in [0.3, 0.4) is 0 Å². The van der Waals surface area contributed by atoms with Crippen molar-refractivity contribution in [3.05, 3.63) is 71.0 Å². The van der Waals surface area contributed by atoms with Crippen molar-refractivity contribution in [1.29, 1.82) is 5.26 Å². The lowest BCUT2D eigenvalue weighted by atomic mass is 9.95. The van der Waals surface area contributed by atoms with E-state index >= 15 is 0 Å². The van der Waals surface area contributed by atoms with E-state index in [4.69, 9.17) is 5.26 Å². The van der Waals surface area contributed by atoms with Crippen LogP contribution >= 0.6 is 0 Å². The zero-order valence-corrected chi connectivity index (χ0v) is 12.5. The van der Waals surface area contributed by atoms with E-state index in [1.165, 1.54) is 12.1 Å². The van der Waals surface area contributed by atoms with Crippen LogP contribution in [0.2, 0.25) is 0 Å². The van der Waals surface area contributed by atoms with Crippen LogP contribution in [0.15, 0.2) is 48.5 Å². The fourth-order valence-electron chi connectivity index (χ4n) is 2.23. The molecule has 2 aromatic carbocycles. The number of hydrogen-bond donors (Lipinski definition) is 1. The molecule has 4 heteroatoms. The minimum absolute atomic E-state index is 0.160. The molecule has 0 radical (unpaired) electrons. The van der Waals surface area contributed by atoms with E-state index < -0.39 is 0 Å². The Labute approximate surface area is 129 Å². The molecule has 1 N–H and O–H groups in total. The normalized spacial score (nSPS) is 11.8. The van der Waals surface area contributed by atoms with Crippen molar-refractivity contribution in [2.24, 2.45) is 5.92 Å². The second kappa shape index (κ2) is 6.86. The number of rotatable bonds is 4. The number of carbonyl (C=O) groups is 1. The summed E-state index contributed by atoms with van der Waals surface area (Å²) in [5, 5.41) is 11.7. The first kappa shape index (κ1) is 15.7. The third-order valence-electron chi connectivity index (χ3n) is 3.46. The number of halogens is 1. The molecule has 0 saturated heterocycles. The van der Waals surface area contributed by atoms with Crippen LogP contribution in [0.25, 0.3) is 0 Å². The van der Waals surface area contributed by atoms with Crippen molar-refractivity contribution >= 4 is 5.91 Å². The van der Waals surface area contributed by atoms with Gasteiger partial charge in [0.25, 0.3) is 5.91 Å². The predicted molar refractivity (Wildman–Crippen MR) is 82.6 cm³/mol. The average Bonchev–Trinajstić information content (AvgIpc) is 2.53. The molecular formula is C18H17FN2O. The summed E-state index contributed by atoms with van der Waals surface area (Å²) in [6.07, 6.45) is 0. The number of carbonyl (C=O) groups excluding carboxylic acids is 1. The first-order chi connectivity index (χ1) is 10.5. The maximum Gasteiger partial charge on any atom is 0.251 e. The molecule has 2 rings (SSSR count). The highest BCUT2D eigenvalue weighted by Gasteiger charge is 2.19. The molecule has 0 aliphatic heterocycles. The molecule has 22 heavy (non-hydrogen) atoms. The molecule has 0 spiro atoms. The highest BCUT2D eigenvalue weighted by Crippen LogP contribution is 2.22. The van der Waals surface area contributed by atoms with E-state index in [0.717, 1.165) is 5.56 Å². The summed E-state index contributed by atoms with van der Waals surface area (Å²) in [5.74, 6) is -0.356. The van der Waals surface area contributed by atoms with Crippen LogP contribution in [-0.2, 0) is 0 Å². The smallest absolute Gasteiger partial charge is 0.251 e. The van der Waals surface area contributed by atoms with Gasteiger partial charge in [0, 0.05) is 5.56 Å². The Morgan fingerprint density at radius 1 is 1.09 bits per heavy atom. The van der Waals surface area contributed by atoms with E-state index in [-0.39, 0.29) is 23.7 Å². The second-order valence-corrected chi connectivity index (χ2v) is 5.44. The Morgan fingerprint density at radius 2 is 1.68 bits per heavy atom. The number of hydrogen-bond acceptors (Lipinski definition) is 2. The van der Waals surface area contributed by atoms with Crippen LogP contribution in [0.5, 0.6) is 0 Å². The molecule has 0 fully saturated rings. The van der Waals surface area contributed by atoms with Gasteiger partial charge < -0.3 is 5.32 Å². The molecule has 2 aromatic rings. The standard InChI is InChI=1S/C18H17FN2O/c1-12(2)17(14-7-9-16(19)10-8-14)21-18(22)15-5-3-13(11-20)4-6-15/h3-10,12,17H,1-2H3,(H,21,22)/t17-/m0/s1. The van der Waals surface area contributed by atoms with Gasteiger partial charge in [-0.15, -0.1) is 0 Å². The predicted octanol–water partition coefficient (Wildman–Crippen LogP) is 3.82. The van der Waals surface area contributed by atoms with Crippen molar-refractivity contribution in [2.75, 3.05) is 0 Å². The minimum atomic E-state index is -0.301. The molecule has 112 valence electrons. The fourth-order valence-corrected chi connectivity index (χ4v) is 2.23. The van der Waals surface area contributed by atoms with Gasteiger partial charge in [0.05, 0.1) is 17.7 Å². The number of benzene rings is 2. The van der Waals surface area contributed by atoms with E-state index in [2.05, 4.69) is 5.32 Å². The van der Waals surface area contributed by atoms with E-state index in [0.29, 0.717) is 11.1 Å². The Hall–Kier alpha value is -2.67. The lowest BCUT2D eigenvalue weighted by molar-refractivity contribution is 0.0925. The molecule has 1 amide bonds. The van der Waals surface area contributed by atoms with Gasteiger partial charge >= 0.3 is 0 Å².